The van der Waals surface area contributed by atoms with Gasteiger partial charge in [-0.25, -0.2) is 4.98 Å². The summed E-state index contributed by atoms with van der Waals surface area (Å²) in [4.78, 5) is 18.2. The van der Waals surface area contributed by atoms with Gasteiger partial charge in [0.2, 0.25) is 0 Å². The molecule has 0 fully saturated rings. The summed E-state index contributed by atoms with van der Waals surface area (Å²) < 4.78 is 0. The lowest BCUT2D eigenvalue weighted by Crippen LogP contribution is -2.19. The molecule has 0 radical (unpaired) electrons. The Kier molecular flexibility index (Phi) is 4.34. The second-order valence-electron chi connectivity index (χ2n) is 4.79. The van der Waals surface area contributed by atoms with Crippen molar-refractivity contribution >= 4 is 5.82 Å². The first kappa shape index (κ1) is 13.3. The van der Waals surface area contributed by atoms with Crippen LogP contribution in [0.3, 0.4) is 0 Å². The molecule has 0 amide bonds. The van der Waals surface area contributed by atoms with Crippen LogP contribution >= 0.6 is 0 Å². The van der Waals surface area contributed by atoms with Crippen LogP contribution in [0.1, 0.15) is 24.7 Å². The molecule has 1 aromatic carbocycles. The molecule has 100 valence electrons. The molecular formula is C15H19N3O. The van der Waals surface area contributed by atoms with E-state index in [1.165, 1.54) is 11.6 Å². The van der Waals surface area contributed by atoms with Crippen LogP contribution < -0.4 is 10.9 Å². The van der Waals surface area contributed by atoms with Crippen molar-refractivity contribution in [2.75, 3.05) is 5.32 Å². The number of aromatic nitrogens is 2. The second kappa shape index (κ2) is 6.18. The summed E-state index contributed by atoms with van der Waals surface area (Å²) in [6.45, 7) is 3.88. The van der Waals surface area contributed by atoms with Gasteiger partial charge in [0.1, 0.15) is 11.6 Å². The van der Waals surface area contributed by atoms with Crippen molar-refractivity contribution in [3.63, 3.8) is 0 Å². The molecule has 0 spiro atoms. The minimum absolute atomic E-state index is 0.120. The molecule has 4 heteroatoms. The zero-order valence-electron chi connectivity index (χ0n) is 11.3. The summed E-state index contributed by atoms with van der Waals surface area (Å²) in [5.41, 5.74) is 1.21. The van der Waals surface area contributed by atoms with E-state index in [2.05, 4.69) is 46.5 Å². The van der Waals surface area contributed by atoms with Crippen LogP contribution in [0.5, 0.6) is 0 Å². The maximum absolute atomic E-state index is 11.3. The number of anilines is 1. The van der Waals surface area contributed by atoms with Gasteiger partial charge in [-0.2, -0.15) is 0 Å². The van der Waals surface area contributed by atoms with Gasteiger partial charge in [0.05, 0.1) is 0 Å². The van der Waals surface area contributed by atoms with E-state index < -0.39 is 0 Å². The third-order valence-corrected chi connectivity index (χ3v) is 2.96. The molecule has 0 aliphatic carbocycles. The zero-order chi connectivity index (χ0) is 13.7. The van der Waals surface area contributed by atoms with Gasteiger partial charge in [0.15, 0.2) is 0 Å². The maximum Gasteiger partial charge on any atom is 0.252 e. The molecule has 1 atom stereocenters. The Morgan fingerprint density at radius 2 is 2.05 bits per heavy atom. The van der Waals surface area contributed by atoms with E-state index in [9.17, 15) is 4.79 Å². The number of aromatic amines is 1. The van der Waals surface area contributed by atoms with Crippen molar-refractivity contribution in [2.45, 2.75) is 32.7 Å². The fourth-order valence-corrected chi connectivity index (χ4v) is 2.01. The van der Waals surface area contributed by atoms with Gasteiger partial charge >= 0.3 is 0 Å². The monoisotopic (exact) mass is 257 g/mol. The highest BCUT2D eigenvalue weighted by atomic mass is 16.1. The van der Waals surface area contributed by atoms with Gasteiger partial charge in [-0.1, -0.05) is 30.3 Å². The first-order valence-electron chi connectivity index (χ1n) is 6.52. The molecule has 1 unspecified atom stereocenters. The number of hydrogen-bond donors (Lipinski definition) is 2. The molecule has 0 aliphatic rings. The van der Waals surface area contributed by atoms with Crippen LogP contribution in [-0.4, -0.2) is 16.0 Å². The van der Waals surface area contributed by atoms with Gasteiger partial charge in [-0.15, -0.1) is 0 Å². The summed E-state index contributed by atoms with van der Waals surface area (Å²) >= 11 is 0. The lowest BCUT2D eigenvalue weighted by Gasteiger charge is -2.14. The van der Waals surface area contributed by atoms with E-state index in [1.807, 2.05) is 6.07 Å². The summed E-state index contributed by atoms with van der Waals surface area (Å²) in [5, 5.41) is 3.26. The topological polar surface area (TPSA) is 57.8 Å². The van der Waals surface area contributed by atoms with Crippen molar-refractivity contribution in [3.8, 4) is 0 Å². The molecule has 2 rings (SSSR count). The molecule has 1 heterocycles. The van der Waals surface area contributed by atoms with Gasteiger partial charge < -0.3 is 10.3 Å². The average molecular weight is 257 g/mol. The Morgan fingerprint density at radius 3 is 2.74 bits per heavy atom. The number of benzene rings is 1. The summed E-state index contributed by atoms with van der Waals surface area (Å²) in [6.07, 6.45) is 2.01. The van der Waals surface area contributed by atoms with Crippen molar-refractivity contribution in [2.24, 2.45) is 0 Å². The lowest BCUT2D eigenvalue weighted by atomic mass is 10.1. The van der Waals surface area contributed by atoms with Crippen molar-refractivity contribution < 1.29 is 0 Å². The number of nitrogens with one attached hydrogen (secondary N) is 2. The fourth-order valence-electron chi connectivity index (χ4n) is 2.01. The predicted octanol–water partition coefficient (Wildman–Crippen LogP) is 2.51. The first-order valence-corrected chi connectivity index (χ1v) is 6.52. The SMILES string of the molecule is Cc1nc(NC(C)CCc2ccccc2)cc(=O)[nH]1. The van der Waals surface area contributed by atoms with Crippen LogP contribution in [0.4, 0.5) is 5.82 Å². The standard InChI is InChI=1S/C15H19N3O/c1-11(8-9-13-6-4-3-5-7-13)16-14-10-15(19)18-12(2)17-14/h3-7,10-11H,8-9H2,1-2H3,(H2,16,17,18,19). The highest BCUT2D eigenvalue weighted by Crippen LogP contribution is 2.08. The van der Waals surface area contributed by atoms with Gasteiger partial charge in [-0.05, 0) is 32.3 Å². The molecule has 1 aromatic heterocycles. The second-order valence-corrected chi connectivity index (χ2v) is 4.79. The fraction of sp³-hybridized carbons (Fsp3) is 0.333. The highest BCUT2D eigenvalue weighted by molar-refractivity contribution is 5.34. The quantitative estimate of drug-likeness (QED) is 0.865. The number of rotatable bonds is 5. The summed E-state index contributed by atoms with van der Waals surface area (Å²) in [7, 11) is 0. The van der Waals surface area contributed by atoms with Crippen molar-refractivity contribution in [1.82, 2.24) is 9.97 Å². The summed E-state index contributed by atoms with van der Waals surface area (Å²) in [5.74, 6) is 1.27. The zero-order valence-corrected chi connectivity index (χ0v) is 11.3. The van der Waals surface area contributed by atoms with Crippen LogP contribution in [0.15, 0.2) is 41.2 Å². The third kappa shape index (κ3) is 4.25. The van der Waals surface area contributed by atoms with Crippen LogP contribution in [0, 0.1) is 6.92 Å². The predicted molar refractivity (Wildman–Crippen MR) is 77.4 cm³/mol. The third-order valence-electron chi connectivity index (χ3n) is 2.96. The Bertz CT molecular complexity index is 577. The largest absolute Gasteiger partial charge is 0.367 e. The normalized spacial score (nSPS) is 12.1. The highest BCUT2D eigenvalue weighted by Gasteiger charge is 2.04. The maximum atomic E-state index is 11.3. The van der Waals surface area contributed by atoms with Crippen LogP contribution in [0.2, 0.25) is 0 Å². The molecule has 0 aliphatic heterocycles. The van der Waals surface area contributed by atoms with Gasteiger partial charge in [0.25, 0.3) is 5.56 Å². The number of hydrogen-bond acceptors (Lipinski definition) is 3. The van der Waals surface area contributed by atoms with Gasteiger partial charge in [-0.3, -0.25) is 4.79 Å². The van der Waals surface area contributed by atoms with E-state index in [0.29, 0.717) is 11.6 Å². The molecule has 0 bridgehead atoms. The lowest BCUT2D eigenvalue weighted by molar-refractivity contribution is 0.701. The van der Waals surface area contributed by atoms with Gasteiger partial charge in [0, 0.05) is 12.1 Å². The molecular weight excluding hydrogens is 238 g/mol. The van der Waals surface area contributed by atoms with Crippen molar-refractivity contribution in [3.05, 3.63) is 58.1 Å². The number of aryl methyl sites for hydroxylation is 2. The molecule has 19 heavy (non-hydrogen) atoms. The number of H-pyrrole nitrogens is 1. The van der Waals surface area contributed by atoms with Crippen molar-refractivity contribution in [1.29, 1.82) is 0 Å². The van der Waals surface area contributed by atoms with E-state index >= 15 is 0 Å². The van der Waals surface area contributed by atoms with E-state index in [4.69, 9.17) is 0 Å². The van der Waals surface area contributed by atoms with Crippen LogP contribution in [-0.2, 0) is 6.42 Å². The minimum Gasteiger partial charge on any atom is -0.367 e. The average Bonchev–Trinajstić information content (AvgIpc) is 2.36. The summed E-state index contributed by atoms with van der Waals surface area (Å²) in [6, 6.07) is 12.1. The smallest absolute Gasteiger partial charge is 0.252 e. The van der Waals surface area contributed by atoms with E-state index in [1.54, 1.807) is 6.92 Å². The first-order chi connectivity index (χ1) is 9.13. The molecule has 2 aromatic rings. The van der Waals surface area contributed by atoms with E-state index in [-0.39, 0.29) is 11.6 Å². The minimum atomic E-state index is -0.120. The Labute approximate surface area is 112 Å². The molecule has 0 saturated carbocycles. The molecule has 0 saturated heterocycles. The van der Waals surface area contributed by atoms with Crippen LogP contribution in [0.25, 0.3) is 0 Å². The molecule has 2 N–H and O–H groups in total. The number of nitrogens with zero attached hydrogens (tertiary/aromatic N) is 1. The Hall–Kier alpha value is -2.10. The van der Waals surface area contributed by atoms with E-state index in [0.717, 1.165) is 12.8 Å². The molecule has 4 nitrogen and oxygen atoms in total. The Balaban J connectivity index is 1.90. The Morgan fingerprint density at radius 1 is 1.32 bits per heavy atom.